The molecule has 0 aliphatic heterocycles. The van der Waals surface area contributed by atoms with Crippen molar-refractivity contribution in [2.24, 2.45) is 0 Å². The van der Waals surface area contributed by atoms with Gasteiger partial charge in [0.25, 0.3) is 5.69 Å². The fraction of sp³-hybridized carbons (Fsp3) is 0.222. The van der Waals surface area contributed by atoms with E-state index in [1.807, 2.05) is 25.1 Å². The quantitative estimate of drug-likeness (QED) is 0.592. The molecule has 2 aromatic rings. The van der Waals surface area contributed by atoms with E-state index in [-0.39, 0.29) is 18.5 Å². The number of nitrogens with one attached hydrogen (secondary N) is 1. The second kappa shape index (κ2) is 8.05. The maximum Gasteiger partial charge on any atom is 0.326 e. The van der Waals surface area contributed by atoms with Gasteiger partial charge in [-0.3, -0.25) is 14.9 Å². The zero-order valence-corrected chi connectivity index (χ0v) is 13.6. The van der Waals surface area contributed by atoms with Crippen molar-refractivity contribution >= 4 is 17.6 Å². The van der Waals surface area contributed by atoms with Gasteiger partial charge in [0, 0.05) is 18.6 Å². The van der Waals surface area contributed by atoms with Gasteiger partial charge in [-0.05, 0) is 18.1 Å². The van der Waals surface area contributed by atoms with Crippen molar-refractivity contribution in [2.45, 2.75) is 25.8 Å². The first-order valence-corrected chi connectivity index (χ1v) is 7.66. The lowest BCUT2D eigenvalue weighted by Crippen LogP contribution is -2.43. The minimum absolute atomic E-state index is 0.111. The Morgan fingerprint density at radius 2 is 1.84 bits per heavy atom. The van der Waals surface area contributed by atoms with Gasteiger partial charge >= 0.3 is 5.97 Å². The molecule has 0 spiro atoms. The van der Waals surface area contributed by atoms with E-state index in [4.69, 9.17) is 0 Å². The minimum atomic E-state index is -1.13. The zero-order chi connectivity index (χ0) is 18.4. The molecule has 25 heavy (non-hydrogen) atoms. The Labute approximate surface area is 144 Å². The molecule has 0 aliphatic carbocycles. The number of rotatable bonds is 7. The average Bonchev–Trinajstić information content (AvgIpc) is 2.54. The standard InChI is InChI=1S/C18H18N2O5/c1-12-4-2-5-13(8-12)10-16(18(22)23)19-17(21)11-14-6-3-7-15(9-14)20(24)25/h2-9,16H,10-11H2,1H3,(H,19,21)(H,22,23)/t16-/m0/s1. The van der Waals surface area contributed by atoms with E-state index in [1.54, 1.807) is 12.1 Å². The van der Waals surface area contributed by atoms with Gasteiger partial charge in [0.1, 0.15) is 6.04 Å². The van der Waals surface area contributed by atoms with Gasteiger partial charge in [-0.15, -0.1) is 0 Å². The van der Waals surface area contributed by atoms with Crippen molar-refractivity contribution in [3.63, 3.8) is 0 Å². The SMILES string of the molecule is Cc1cccc(C[C@H](NC(=O)Cc2cccc([N+](=O)[O-])c2)C(=O)O)c1. The zero-order valence-electron chi connectivity index (χ0n) is 13.6. The van der Waals surface area contributed by atoms with Crippen LogP contribution in [0.25, 0.3) is 0 Å². The summed E-state index contributed by atoms with van der Waals surface area (Å²) in [6, 6.07) is 12.0. The van der Waals surface area contributed by atoms with Gasteiger partial charge in [0.05, 0.1) is 11.3 Å². The van der Waals surface area contributed by atoms with Crippen molar-refractivity contribution < 1.29 is 19.6 Å². The predicted octanol–water partition coefficient (Wildman–Crippen LogP) is 2.26. The maximum atomic E-state index is 12.1. The van der Waals surface area contributed by atoms with Gasteiger partial charge in [-0.2, -0.15) is 0 Å². The number of nitro groups is 1. The molecule has 0 fully saturated rings. The summed E-state index contributed by atoms with van der Waals surface area (Å²) in [5, 5.41) is 22.6. The Morgan fingerprint density at radius 3 is 2.48 bits per heavy atom. The lowest BCUT2D eigenvalue weighted by atomic mass is 10.0. The van der Waals surface area contributed by atoms with Gasteiger partial charge in [-0.25, -0.2) is 4.79 Å². The fourth-order valence-electron chi connectivity index (χ4n) is 2.49. The molecule has 2 rings (SSSR count). The average molecular weight is 342 g/mol. The lowest BCUT2D eigenvalue weighted by Gasteiger charge is -2.15. The molecule has 7 heteroatoms. The molecule has 1 atom stereocenters. The molecular weight excluding hydrogens is 324 g/mol. The number of nitro benzene ring substituents is 1. The van der Waals surface area contributed by atoms with Crippen molar-refractivity contribution in [2.75, 3.05) is 0 Å². The number of carboxylic acid groups (broad SMARTS) is 1. The molecule has 0 aliphatic rings. The largest absolute Gasteiger partial charge is 0.480 e. The number of nitrogens with zero attached hydrogens (tertiary/aromatic N) is 1. The van der Waals surface area contributed by atoms with Crippen LogP contribution in [0.3, 0.4) is 0 Å². The Hall–Kier alpha value is -3.22. The summed E-state index contributed by atoms with van der Waals surface area (Å²) in [6.07, 6.45) is 0.0387. The number of carbonyl (C=O) groups is 2. The van der Waals surface area contributed by atoms with Gasteiger partial charge in [0.15, 0.2) is 0 Å². The molecule has 0 unspecified atom stereocenters. The van der Waals surface area contributed by atoms with Crippen LogP contribution in [0.4, 0.5) is 5.69 Å². The highest BCUT2D eigenvalue weighted by molar-refractivity contribution is 5.85. The molecule has 0 heterocycles. The van der Waals surface area contributed by atoms with Crippen molar-refractivity contribution in [3.05, 3.63) is 75.3 Å². The number of carboxylic acids is 1. The summed E-state index contributed by atoms with van der Waals surface area (Å²) >= 11 is 0. The molecule has 7 nitrogen and oxygen atoms in total. The Morgan fingerprint density at radius 1 is 1.16 bits per heavy atom. The first-order chi connectivity index (χ1) is 11.8. The van der Waals surface area contributed by atoms with Crippen LogP contribution in [0, 0.1) is 17.0 Å². The molecule has 0 bridgehead atoms. The molecule has 0 aromatic heterocycles. The third-order valence-corrected chi connectivity index (χ3v) is 3.64. The van der Waals surface area contributed by atoms with E-state index in [0.29, 0.717) is 5.56 Å². The van der Waals surface area contributed by atoms with Crippen LogP contribution in [0.2, 0.25) is 0 Å². The first kappa shape index (κ1) is 18.1. The molecule has 2 aromatic carbocycles. The van der Waals surface area contributed by atoms with Crippen molar-refractivity contribution in [1.82, 2.24) is 5.32 Å². The molecule has 2 N–H and O–H groups in total. The molecular formula is C18H18N2O5. The monoisotopic (exact) mass is 342 g/mol. The summed E-state index contributed by atoms with van der Waals surface area (Å²) < 4.78 is 0. The summed E-state index contributed by atoms with van der Waals surface area (Å²) in [4.78, 5) is 33.8. The van der Waals surface area contributed by atoms with E-state index in [2.05, 4.69) is 5.32 Å². The van der Waals surface area contributed by atoms with Gasteiger partial charge in [0.2, 0.25) is 5.91 Å². The van der Waals surface area contributed by atoms with E-state index in [0.717, 1.165) is 11.1 Å². The number of non-ortho nitro benzene ring substituents is 1. The van der Waals surface area contributed by atoms with E-state index in [9.17, 15) is 24.8 Å². The number of carbonyl (C=O) groups excluding carboxylic acids is 1. The number of hydrogen-bond donors (Lipinski definition) is 2. The minimum Gasteiger partial charge on any atom is -0.480 e. The Kier molecular flexibility index (Phi) is 5.84. The van der Waals surface area contributed by atoms with E-state index in [1.165, 1.54) is 18.2 Å². The molecule has 0 saturated heterocycles. The lowest BCUT2D eigenvalue weighted by molar-refractivity contribution is -0.384. The highest BCUT2D eigenvalue weighted by Gasteiger charge is 2.21. The van der Waals surface area contributed by atoms with E-state index >= 15 is 0 Å². The normalized spacial score (nSPS) is 11.6. The highest BCUT2D eigenvalue weighted by atomic mass is 16.6. The van der Waals surface area contributed by atoms with Crippen LogP contribution < -0.4 is 5.32 Å². The highest BCUT2D eigenvalue weighted by Crippen LogP contribution is 2.14. The van der Waals surface area contributed by atoms with Crippen LogP contribution in [-0.2, 0) is 22.4 Å². The number of aryl methyl sites for hydroxylation is 1. The third-order valence-electron chi connectivity index (χ3n) is 3.64. The van der Waals surface area contributed by atoms with E-state index < -0.39 is 22.8 Å². The Balaban J connectivity index is 2.04. The van der Waals surface area contributed by atoms with Gasteiger partial charge in [-0.1, -0.05) is 42.0 Å². The number of hydrogen-bond acceptors (Lipinski definition) is 4. The van der Waals surface area contributed by atoms with Crippen molar-refractivity contribution in [3.8, 4) is 0 Å². The Bertz CT molecular complexity index is 804. The maximum absolute atomic E-state index is 12.1. The van der Waals surface area contributed by atoms with Gasteiger partial charge < -0.3 is 10.4 Å². The smallest absolute Gasteiger partial charge is 0.326 e. The molecule has 0 radical (unpaired) electrons. The number of amides is 1. The van der Waals surface area contributed by atoms with Crippen LogP contribution in [0.5, 0.6) is 0 Å². The van der Waals surface area contributed by atoms with Crippen LogP contribution in [0.1, 0.15) is 16.7 Å². The second-order valence-electron chi connectivity index (χ2n) is 5.76. The summed E-state index contributed by atoms with van der Waals surface area (Å²) in [5.41, 5.74) is 2.15. The third kappa shape index (κ3) is 5.42. The molecule has 130 valence electrons. The fourth-order valence-corrected chi connectivity index (χ4v) is 2.49. The number of benzene rings is 2. The molecule has 1 amide bonds. The summed E-state index contributed by atoms with van der Waals surface area (Å²) in [6.45, 7) is 1.90. The van der Waals surface area contributed by atoms with Crippen LogP contribution >= 0.6 is 0 Å². The van der Waals surface area contributed by atoms with Crippen LogP contribution in [0.15, 0.2) is 48.5 Å². The molecule has 0 saturated carbocycles. The predicted molar refractivity (Wildman–Crippen MR) is 91.2 cm³/mol. The van der Waals surface area contributed by atoms with Crippen LogP contribution in [-0.4, -0.2) is 27.9 Å². The summed E-state index contributed by atoms with van der Waals surface area (Å²) in [5.74, 6) is -1.63. The van der Waals surface area contributed by atoms with Crippen molar-refractivity contribution in [1.29, 1.82) is 0 Å². The number of aliphatic carboxylic acids is 1. The topological polar surface area (TPSA) is 110 Å². The second-order valence-corrected chi connectivity index (χ2v) is 5.76. The first-order valence-electron chi connectivity index (χ1n) is 7.66. The summed E-state index contributed by atoms with van der Waals surface area (Å²) in [7, 11) is 0.